The minimum absolute atomic E-state index is 0.00138. The van der Waals surface area contributed by atoms with Gasteiger partial charge in [0.05, 0.1) is 11.2 Å². The van der Waals surface area contributed by atoms with Crippen molar-refractivity contribution in [3.8, 4) is 11.5 Å². The Morgan fingerprint density at radius 2 is 1.95 bits per heavy atom. The summed E-state index contributed by atoms with van der Waals surface area (Å²) >= 11 is 5.77. The second kappa shape index (κ2) is 4.86. The molecule has 20 heavy (non-hydrogen) atoms. The predicted molar refractivity (Wildman–Crippen MR) is 74.7 cm³/mol. The average Bonchev–Trinajstić information content (AvgIpc) is 2.47. The van der Waals surface area contributed by atoms with Crippen molar-refractivity contribution in [3.63, 3.8) is 0 Å². The number of fused-ring (bicyclic) bond motifs is 1. The molecule has 0 aliphatic heterocycles. The number of rotatable bonds is 2. The van der Waals surface area contributed by atoms with Crippen LogP contribution in [0.5, 0.6) is 0 Å². The summed E-state index contributed by atoms with van der Waals surface area (Å²) in [7, 11) is 0. The zero-order chi connectivity index (χ0) is 14.1. The number of benzene rings is 1. The molecule has 0 unspecified atom stereocenters. The van der Waals surface area contributed by atoms with Gasteiger partial charge in [0.25, 0.3) is 0 Å². The lowest BCUT2D eigenvalue weighted by atomic mass is 10.1. The van der Waals surface area contributed by atoms with Crippen LogP contribution < -0.4 is 0 Å². The number of aromatic nitrogens is 3. The number of hydrogen-bond acceptors (Lipinski definition) is 4. The SMILES string of the molecule is O=C(O)c1nc(-c2nccc3ccccc23)ncc1Cl. The number of hydrogen-bond donors (Lipinski definition) is 1. The lowest BCUT2D eigenvalue weighted by Crippen LogP contribution is -2.04. The van der Waals surface area contributed by atoms with Gasteiger partial charge in [0.1, 0.15) is 5.69 Å². The molecule has 0 aliphatic rings. The summed E-state index contributed by atoms with van der Waals surface area (Å²) in [6, 6.07) is 9.48. The van der Waals surface area contributed by atoms with Gasteiger partial charge in [-0.05, 0) is 11.5 Å². The number of pyridine rings is 1. The topological polar surface area (TPSA) is 76.0 Å². The molecule has 0 radical (unpaired) electrons. The first-order valence-electron chi connectivity index (χ1n) is 5.77. The van der Waals surface area contributed by atoms with Gasteiger partial charge < -0.3 is 5.11 Å². The quantitative estimate of drug-likeness (QED) is 0.783. The van der Waals surface area contributed by atoms with Crippen molar-refractivity contribution in [1.82, 2.24) is 15.0 Å². The van der Waals surface area contributed by atoms with Gasteiger partial charge in [0, 0.05) is 11.6 Å². The van der Waals surface area contributed by atoms with Gasteiger partial charge >= 0.3 is 5.97 Å². The molecule has 0 saturated carbocycles. The van der Waals surface area contributed by atoms with Crippen LogP contribution in [0.4, 0.5) is 0 Å². The number of nitrogens with zero attached hydrogens (tertiary/aromatic N) is 3. The van der Waals surface area contributed by atoms with Gasteiger partial charge in [0.2, 0.25) is 0 Å². The molecule has 6 heteroatoms. The number of carbonyl (C=O) groups is 1. The van der Waals surface area contributed by atoms with Crippen LogP contribution in [0.1, 0.15) is 10.5 Å². The third-order valence-electron chi connectivity index (χ3n) is 2.83. The van der Waals surface area contributed by atoms with E-state index in [9.17, 15) is 4.79 Å². The normalized spacial score (nSPS) is 10.7. The lowest BCUT2D eigenvalue weighted by Gasteiger charge is -2.05. The average molecular weight is 286 g/mol. The molecule has 1 N–H and O–H groups in total. The minimum Gasteiger partial charge on any atom is -0.476 e. The number of carboxylic acid groups (broad SMARTS) is 1. The first-order valence-corrected chi connectivity index (χ1v) is 6.14. The van der Waals surface area contributed by atoms with Crippen LogP contribution in [0.15, 0.2) is 42.7 Å². The van der Waals surface area contributed by atoms with E-state index in [-0.39, 0.29) is 16.5 Å². The van der Waals surface area contributed by atoms with E-state index in [4.69, 9.17) is 16.7 Å². The van der Waals surface area contributed by atoms with E-state index in [0.717, 1.165) is 10.8 Å². The molecular formula is C14H8ClN3O2. The maximum absolute atomic E-state index is 11.1. The second-order valence-corrected chi connectivity index (χ2v) is 4.48. The van der Waals surface area contributed by atoms with Gasteiger partial charge in [-0.15, -0.1) is 0 Å². The zero-order valence-electron chi connectivity index (χ0n) is 10.1. The summed E-state index contributed by atoms with van der Waals surface area (Å²) in [4.78, 5) is 23.4. The van der Waals surface area contributed by atoms with Crippen molar-refractivity contribution in [2.45, 2.75) is 0 Å². The molecule has 1 aromatic carbocycles. The molecule has 3 rings (SSSR count). The standard InChI is InChI=1S/C14H8ClN3O2/c15-10-7-17-13(18-12(10)14(19)20)11-9-4-2-1-3-8(9)5-6-16-11/h1-7H,(H,19,20). The van der Waals surface area contributed by atoms with Crippen molar-refractivity contribution in [1.29, 1.82) is 0 Å². The van der Waals surface area contributed by atoms with Crippen LogP contribution >= 0.6 is 11.6 Å². The van der Waals surface area contributed by atoms with Gasteiger partial charge in [-0.2, -0.15) is 0 Å². The number of halogens is 1. The molecule has 98 valence electrons. The molecule has 0 fully saturated rings. The first-order chi connectivity index (χ1) is 9.66. The first kappa shape index (κ1) is 12.5. The molecule has 0 amide bonds. The highest BCUT2D eigenvalue weighted by atomic mass is 35.5. The van der Waals surface area contributed by atoms with E-state index in [0.29, 0.717) is 5.69 Å². The van der Waals surface area contributed by atoms with Crippen molar-refractivity contribution in [2.75, 3.05) is 0 Å². The van der Waals surface area contributed by atoms with Gasteiger partial charge in [-0.1, -0.05) is 35.9 Å². The summed E-state index contributed by atoms with van der Waals surface area (Å²) in [5.41, 5.74) is 0.300. The Balaban J connectivity index is 2.26. The van der Waals surface area contributed by atoms with Crippen LogP contribution in [0.2, 0.25) is 5.02 Å². The third-order valence-corrected chi connectivity index (χ3v) is 3.11. The van der Waals surface area contributed by atoms with Crippen molar-refractivity contribution in [3.05, 3.63) is 53.4 Å². The smallest absolute Gasteiger partial charge is 0.356 e. The maximum atomic E-state index is 11.1. The van der Waals surface area contributed by atoms with Crippen molar-refractivity contribution < 1.29 is 9.90 Å². The molecule has 0 bridgehead atoms. The summed E-state index contributed by atoms with van der Waals surface area (Å²) in [6.07, 6.45) is 2.91. The number of aromatic carboxylic acids is 1. The Morgan fingerprint density at radius 3 is 2.75 bits per heavy atom. The molecule has 5 nitrogen and oxygen atoms in total. The highest BCUT2D eigenvalue weighted by molar-refractivity contribution is 6.33. The lowest BCUT2D eigenvalue weighted by molar-refractivity contribution is 0.0690. The fourth-order valence-electron chi connectivity index (χ4n) is 1.93. The van der Waals surface area contributed by atoms with Crippen LogP contribution in [0.3, 0.4) is 0 Å². The molecule has 0 aliphatic carbocycles. The van der Waals surface area contributed by atoms with Crippen LogP contribution in [0.25, 0.3) is 22.3 Å². The summed E-state index contributed by atoms with van der Waals surface area (Å²) < 4.78 is 0. The van der Waals surface area contributed by atoms with E-state index in [1.54, 1.807) is 6.20 Å². The highest BCUT2D eigenvalue weighted by Gasteiger charge is 2.15. The summed E-state index contributed by atoms with van der Waals surface area (Å²) in [5.74, 6) is -0.956. The largest absolute Gasteiger partial charge is 0.476 e. The Hall–Kier alpha value is -2.53. The molecule has 0 atom stereocenters. The minimum atomic E-state index is -1.20. The van der Waals surface area contributed by atoms with Gasteiger partial charge in [-0.25, -0.2) is 14.8 Å². The molecule has 2 heterocycles. The van der Waals surface area contributed by atoms with E-state index >= 15 is 0 Å². The van der Waals surface area contributed by atoms with Crippen LogP contribution in [-0.2, 0) is 0 Å². The van der Waals surface area contributed by atoms with Crippen LogP contribution in [0, 0.1) is 0 Å². The molecule has 0 saturated heterocycles. The summed E-state index contributed by atoms with van der Waals surface area (Å²) in [5, 5.41) is 10.9. The molecule has 0 spiro atoms. The van der Waals surface area contributed by atoms with E-state index in [1.807, 2.05) is 30.3 Å². The monoisotopic (exact) mass is 285 g/mol. The maximum Gasteiger partial charge on any atom is 0.356 e. The predicted octanol–water partition coefficient (Wildman–Crippen LogP) is 3.04. The second-order valence-electron chi connectivity index (χ2n) is 4.08. The van der Waals surface area contributed by atoms with Crippen LogP contribution in [-0.4, -0.2) is 26.0 Å². The van der Waals surface area contributed by atoms with E-state index < -0.39 is 5.97 Å². The van der Waals surface area contributed by atoms with Gasteiger partial charge in [-0.3, -0.25) is 4.98 Å². The number of carboxylic acids is 1. The fourth-order valence-corrected chi connectivity index (χ4v) is 2.10. The Labute approximate surface area is 118 Å². The summed E-state index contributed by atoms with van der Waals surface area (Å²) in [6.45, 7) is 0. The Kier molecular flexibility index (Phi) is 3.04. The molecule has 2 aromatic heterocycles. The zero-order valence-corrected chi connectivity index (χ0v) is 10.9. The van der Waals surface area contributed by atoms with E-state index in [2.05, 4.69) is 15.0 Å². The van der Waals surface area contributed by atoms with E-state index in [1.165, 1.54) is 6.20 Å². The highest BCUT2D eigenvalue weighted by Crippen LogP contribution is 2.25. The molecule has 3 aromatic rings. The van der Waals surface area contributed by atoms with Gasteiger partial charge in [0.15, 0.2) is 11.5 Å². The Morgan fingerprint density at radius 1 is 1.15 bits per heavy atom. The fraction of sp³-hybridized carbons (Fsp3) is 0. The molecular weight excluding hydrogens is 278 g/mol. The van der Waals surface area contributed by atoms with Crippen molar-refractivity contribution in [2.24, 2.45) is 0 Å². The van der Waals surface area contributed by atoms with Crippen molar-refractivity contribution >= 4 is 28.3 Å². The third kappa shape index (κ3) is 2.08. The Bertz CT molecular complexity index is 815.